The van der Waals surface area contributed by atoms with E-state index in [0.29, 0.717) is 55.0 Å². The first-order valence-corrected chi connectivity index (χ1v) is 9.30. The van der Waals surface area contributed by atoms with Crippen LogP contribution in [0, 0.1) is 6.92 Å². The van der Waals surface area contributed by atoms with E-state index in [9.17, 15) is 9.59 Å². The molecule has 0 aliphatic carbocycles. The Labute approximate surface area is 169 Å². The lowest BCUT2D eigenvalue weighted by atomic mass is 10.2. The van der Waals surface area contributed by atoms with E-state index in [4.69, 9.17) is 9.47 Å². The van der Waals surface area contributed by atoms with E-state index in [0.717, 1.165) is 0 Å². The highest BCUT2D eigenvalue weighted by molar-refractivity contribution is 6.04. The highest BCUT2D eigenvalue weighted by Gasteiger charge is 2.21. The summed E-state index contributed by atoms with van der Waals surface area (Å²) < 4.78 is 10.5. The molecule has 2 aromatic rings. The lowest BCUT2D eigenvalue weighted by Gasteiger charge is -2.35. The predicted molar refractivity (Wildman–Crippen MR) is 109 cm³/mol. The van der Waals surface area contributed by atoms with E-state index in [2.05, 4.69) is 20.2 Å². The minimum Gasteiger partial charge on any atom is -0.497 e. The number of anilines is 2. The standard InChI is InChI=1S/C20H25N5O4/c1-13-21-17(12-19(22-13)25-9-7-24(8-10-25)14(2)26)20(27)23-16-6-5-15(28-3)11-18(16)29-4/h5-6,11-12H,7-10H2,1-4H3,(H,23,27). The SMILES string of the molecule is COc1ccc(NC(=O)c2cc(N3CCN(C(C)=O)CC3)nc(C)n2)c(OC)c1. The Balaban J connectivity index is 1.78. The summed E-state index contributed by atoms with van der Waals surface area (Å²) >= 11 is 0. The molecule has 0 atom stereocenters. The second kappa shape index (κ2) is 8.76. The van der Waals surface area contributed by atoms with Gasteiger partial charge in [-0.2, -0.15) is 0 Å². The second-order valence-corrected chi connectivity index (χ2v) is 6.67. The number of aromatic nitrogens is 2. The van der Waals surface area contributed by atoms with Crippen LogP contribution in [0.15, 0.2) is 24.3 Å². The van der Waals surface area contributed by atoms with Crippen LogP contribution in [-0.2, 0) is 4.79 Å². The molecule has 3 rings (SSSR count). The Morgan fingerprint density at radius 2 is 1.76 bits per heavy atom. The number of benzene rings is 1. The number of aryl methyl sites for hydroxylation is 1. The number of hydrogen-bond acceptors (Lipinski definition) is 7. The fourth-order valence-corrected chi connectivity index (χ4v) is 3.17. The molecule has 29 heavy (non-hydrogen) atoms. The van der Waals surface area contributed by atoms with Crippen LogP contribution in [0.4, 0.5) is 11.5 Å². The predicted octanol–water partition coefficient (Wildman–Crippen LogP) is 1.72. The fraction of sp³-hybridized carbons (Fsp3) is 0.400. The minimum absolute atomic E-state index is 0.0667. The number of hydrogen-bond donors (Lipinski definition) is 1. The Morgan fingerprint density at radius 1 is 1.03 bits per heavy atom. The van der Waals surface area contributed by atoms with Crippen LogP contribution >= 0.6 is 0 Å². The third-order valence-corrected chi connectivity index (χ3v) is 4.76. The van der Waals surface area contributed by atoms with Gasteiger partial charge in [0.2, 0.25) is 5.91 Å². The monoisotopic (exact) mass is 399 g/mol. The molecule has 0 radical (unpaired) electrons. The summed E-state index contributed by atoms with van der Waals surface area (Å²) in [7, 11) is 3.09. The molecule has 1 aromatic carbocycles. The Hall–Kier alpha value is -3.36. The average molecular weight is 399 g/mol. The number of amides is 2. The number of piperazine rings is 1. The molecule has 0 spiro atoms. The lowest BCUT2D eigenvalue weighted by molar-refractivity contribution is -0.129. The number of rotatable bonds is 5. The maximum atomic E-state index is 12.8. The third-order valence-electron chi connectivity index (χ3n) is 4.76. The largest absolute Gasteiger partial charge is 0.497 e. The maximum Gasteiger partial charge on any atom is 0.274 e. The number of nitrogens with one attached hydrogen (secondary N) is 1. The molecule has 1 fully saturated rings. The van der Waals surface area contributed by atoms with Crippen molar-refractivity contribution in [2.75, 3.05) is 50.6 Å². The first-order chi connectivity index (χ1) is 13.9. The molecule has 1 N–H and O–H groups in total. The van der Waals surface area contributed by atoms with Crippen LogP contribution < -0.4 is 19.7 Å². The maximum absolute atomic E-state index is 12.8. The number of carbonyl (C=O) groups is 2. The summed E-state index contributed by atoms with van der Waals surface area (Å²) in [5.41, 5.74) is 0.783. The van der Waals surface area contributed by atoms with Gasteiger partial charge >= 0.3 is 0 Å². The lowest BCUT2D eigenvalue weighted by Crippen LogP contribution is -2.48. The van der Waals surface area contributed by atoms with Gasteiger partial charge in [0, 0.05) is 45.2 Å². The van der Waals surface area contributed by atoms with Gasteiger partial charge < -0.3 is 24.6 Å². The van der Waals surface area contributed by atoms with E-state index in [1.807, 2.05) is 0 Å². The molecule has 9 heteroatoms. The van der Waals surface area contributed by atoms with Gasteiger partial charge in [0.1, 0.15) is 28.8 Å². The van der Waals surface area contributed by atoms with E-state index in [-0.39, 0.29) is 17.5 Å². The summed E-state index contributed by atoms with van der Waals surface area (Å²) in [5, 5.41) is 2.83. The van der Waals surface area contributed by atoms with E-state index in [1.54, 1.807) is 50.1 Å². The van der Waals surface area contributed by atoms with E-state index < -0.39 is 0 Å². The van der Waals surface area contributed by atoms with Crippen LogP contribution in [-0.4, -0.2) is 67.1 Å². The first-order valence-electron chi connectivity index (χ1n) is 9.30. The zero-order valence-corrected chi connectivity index (χ0v) is 17.1. The molecule has 154 valence electrons. The zero-order chi connectivity index (χ0) is 21.0. The molecule has 1 saturated heterocycles. The molecule has 0 unspecified atom stereocenters. The average Bonchev–Trinajstić information content (AvgIpc) is 2.73. The molecule has 9 nitrogen and oxygen atoms in total. The Bertz CT molecular complexity index is 910. The topological polar surface area (TPSA) is 96.9 Å². The van der Waals surface area contributed by atoms with Gasteiger partial charge in [0.05, 0.1) is 19.9 Å². The van der Waals surface area contributed by atoms with Crippen molar-refractivity contribution in [1.82, 2.24) is 14.9 Å². The van der Waals surface area contributed by atoms with Crippen molar-refractivity contribution in [1.29, 1.82) is 0 Å². The van der Waals surface area contributed by atoms with Crippen LogP contribution in [0.2, 0.25) is 0 Å². The highest BCUT2D eigenvalue weighted by Crippen LogP contribution is 2.29. The smallest absolute Gasteiger partial charge is 0.274 e. The molecule has 2 amide bonds. The molecule has 1 aromatic heterocycles. The summed E-state index contributed by atoms with van der Waals surface area (Å²) in [6.45, 7) is 5.89. The highest BCUT2D eigenvalue weighted by atomic mass is 16.5. The second-order valence-electron chi connectivity index (χ2n) is 6.67. The molecular weight excluding hydrogens is 374 g/mol. The summed E-state index contributed by atoms with van der Waals surface area (Å²) in [5.74, 6) is 2.00. The molecule has 0 bridgehead atoms. The van der Waals surface area contributed by atoms with Crippen molar-refractivity contribution in [3.63, 3.8) is 0 Å². The summed E-state index contributed by atoms with van der Waals surface area (Å²) in [6.07, 6.45) is 0. The van der Waals surface area contributed by atoms with Crippen LogP contribution in [0.3, 0.4) is 0 Å². The molecule has 1 aliphatic heterocycles. The van der Waals surface area contributed by atoms with Crippen molar-refractivity contribution in [3.05, 3.63) is 35.8 Å². The van der Waals surface area contributed by atoms with Gasteiger partial charge in [0.15, 0.2) is 0 Å². The van der Waals surface area contributed by atoms with Crippen molar-refractivity contribution in [3.8, 4) is 11.5 Å². The quantitative estimate of drug-likeness (QED) is 0.818. The van der Waals surface area contributed by atoms with Crippen molar-refractivity contribution < 1.29 is 19.1 Å². The van der Waals surface area contributed by atoms with Gasteiger partial charge in [0.25, 0.3) is 5.91 Å². The third kappa shape index (κ3) is 4.74. The number of carbonyl (C=O) groups excluding carboxylic acids is 2. The van der Waals surface area contributed by atoms with E-state index in [1.165, 1.54) is 7.11 Å². The zero-order valence-electron chi connectivity index (χ0n) is 17.1. The number of methoxy groups -OCH3 is 2. The minimum atomic E-state index is -0.359. The van der Waals surface area contributed by atoms with Gasteiger partial charge in [-0.3, -0.25) is 9.59 Å². The normalized spacial score (nSPS) is 13.8. The Morgan fingerprint density at radius 3 is 2.38 bits per heavy atom. The van der Waals surface area contributed by atoms with Gasteiger partial charge in [-0.25, -0.2) is 9.97 Å². The molecule has 2 heterocycles. The van der Waals surface area contributed by atoms with Gasteiger partial charge in [-0.05, 0) is 19.1 Å². The van der Waals surface area contributed by atoms with Gasteiger partial charge in [-0.15, -0.1) is 0 Å². The van der Waals surface area contributed by atoms with Crippen LogP contribution in [0.25, 0.3) is 0 Å². The van der Waals surface area contributed by atoms with Crippen molar-refractivity contribution in [2.24, 2.45) is 0 Å². The van der Waals surface area contributed by atoms with Crippen molar-refractivity contribution >= 4 is 23.3 Å². The number of ether oxygens (including phenoxy) is 2. The first kappa shape index (κ1) is 20.4. The number of nitrogens with zero attached hydrogens (tertiary/aromatic N) is 4. The van der Waals surface area contributed by atoms with Gasteiger partial charge in [-0.1, -0.05) is 0 Å². The molecular formula is C20H25N5O4. The summed E-state index contributed by atoms with van der Waals surface area (Å²) in [6, 6.07) is 6.82. The Kier molecular flexibility index (Phi) is 6.16. The molecule has 0 saturated carbocycles. The van der Waals surface area contributed by atoms with Crippen LogP contribution in [0.5, 0.6) is 11.5 Å². The van der Waals surface area contributed by atoms with E-state index >= 15 is 0 Å². The summed E-state index contributed by atoms with van der Waals surface area (Å²) in [4.78, 5) is 36.9. The fourth-order valence-electron chi connectivity index (χ4n) is 3.17. The van der Waals surface area contributed by atoms with Crippen molar-refractivity contribution in [2.45, 2.75) is 13.8 Å². The molecule has 1 aliphatic rings. The van der Waals surface area contributed by atoms with Crippen LogP contribution in [0.1, 0.15) is 23.2 Å².